The number of aliphatic hydroxyl groups excluding tert-OH is 1. The fraction of sp³-hybridized carbons (Fsp3) is 0.684. The van der Waals surface area contributed by atoms with Gasteiger partial charge in [0.05, 0.1) is 6.10 Å². The van der Waals surface area contributed by atoms with Gasteiger partial charge >= 0.3 is 0 Å². The van der Waals surface area contributed by atoms with Crippen LogP contribution in [-0.4, -0.2) is 11.2 Å². The lowest BCUT2D eigenvalue weighted by atomic mass is 9.67. The van der Waals surface area contributed by atoms with Gasteiger partial charge in [-0.25, -0.2) is 0 Å². The standard InChI is InChI=1S/C19H28O/c1-14-7-10-17(20)13-16(14)9-8-15-5-3-11-19(2)12-4-6-18(15)19/h8-9,17-18,20H,1,3-7,10-13H2,2H3/b15-8+,16-9-/t17-,18?,19?/m0/s1. The predicted octanol–water partition coefficient (Wildman–Crippen LogP) is 4.93. The molecule has 3 aliphatic rings. The summed E-state index contributed by atoms with van der Waals surface area (Å²) in [6, 6.07) is 0. The van der Waals surface area contributed by atoms with Crippen LogP contribution in [0.5, 0.6) is 0 Å². The summed E-state index contributed by atoms with van der Waals surface area (Å²) >= 11 is 0. The quantitative estimate of drug-likeness (QED) is 0.717. The highest BCUT2D eigenvalue weighted by atomic mass is 16.3. The summed E-state index contributed by atoms with van der Waals surface area (Å²) < 4.78 is 0. The minimum atomic E-state index is -0.159. The van der Waals surface area contributed by atoms with E-state index >= 15 is 0 Å². The van der Waals surface area contributed by atoms with E-state index in [1.54, 1.807) is 5.57 Å². The van der Waals surface area contributed by atoms with Crippen LogP contribution in [-0.2, 0) is 0 Å². The van der Waals surface area contributed by atoms with Crippen LogP contribution in [0.25, 0.3) is 0 Å². The molecule has 3 atom stereocenters. The molecule has 0 spiro atoms. The number of fused-ring (bicyclic) bond motifs is 1. The molecular formula is C19H28O. The molecule has 1 N–H and O–H groups in total. The van der Waals surface area contributed by atoms with Crippen molar-refractivity contribution in [2.75, 3.05) is 0 Å². The zero-order valence-corrected chi connectivity index (χ0v) is 12.8. The van der Waals surface area contributed by atoms with Gasteiger partial charge in [-0.2, -0.15) is 0 Å². The smallest absolute Gasteiger partial charge is 0.0583 e. The summed E-state index contributed by atoms with van der Waals surface area (Å²) in [5.41, 5.74) is 4.75. The largest absolute Gasteiger partial charge is 0.393 e. The Kier molecular flexibility index (Phi) is 3.90. The van der Waals surface area contributed by atoms with Crippen molar-refractivity contribution in [3.8, 4) is 0 Å². The van der Waals surface area contributed by atoms with Crippen molar-refractivity contribution in [2.24, 2.45) is 11.3 Å². The van der Waals surface area contributed by atoms with Crippen molar-refractivity contribution in [3.63, 3.8) is 0 Å². The first-order valence-corrected chi connectivity index (χ1v) is 8.34. The van der Waals surface area contributed by atoms with Crippen LogP contribution in [0.4, 0.5) is 0 Å². The molecule has 3 fully saturated rings. The molecule has 0 heterocycles. The molecule has 3 aliphatic carbocycles. The van der Waals surface area contributed by atoms with Gasteiger partial charge in [-0.3, -0.25) is 0 Å². The van der Waals surface area contributed by atoms with Gasteiger partial charge in [0.1, 0.15) is 0 Å². The van der Waals surface area contributed by atoms with Gasteiger partial charge in [0.25, 0.3) is 0 Å². The Morgan fingerprint density at radius 1 is 1.15 bits per heavy atom. The van der Waals surface area contributed by atoms with Crippen molar-refractivity contribution in [1.29, 1.82) is 0 Å². The van der Waals surface area contributed by atoms with Crippen LogP contribution in [0.2, 0.25) is 0 Å². The molecular weight excluding hydrogens is 244 g/mol. The van der Waals surface area contributed by atoms with Gasteiger partial charge in [0, 0.05) is 0 Å². The highest BCUT2D eigenvalue weighted by Gasteiger charge is 2.42. The van der Waals surface area contributed by atoms with E-state index < -0.39 is 0 Å². The maximum Gasteiger partial charge on any atom is 0.0583 e. The summed E-state index contributed by atoms with van der Waals surface area (Å²) in [6.07, 6.45) is 15.4. The molecule has 0 saturated heterocycles. The number of hydrogen-bond donors (Lipinski definition) is 1. The molecule has 0 bridgehead atoms. The average Bonchev–Trinajstić information content (AvgIpc) is 2.82. The Morgan fingerprint density at radius 2 is 1.95 bits per heavy atom. The molecule has 0 radical (unpaired) electrons. The molecule has 3 saturated carbocycles. The predicted molar refractivity (Wildman–Crippen MR) is 84.5 cm³/mol. The van der Waals surface area contributed by atoms with E-state index in [-0.39, 0.29) is 6.10 Å². The molecule has 0 aromatic heterocycles. The first kappa shape index (κ1) is 14.1. The Bertz CT molecular complexity index is 456. The molecule has 0 aromatic rings. The van der Waals surface area contributed by atoms with Gasteiger partial charge in [0.2, 0.25) is 0 Å². The molecule has 3 rings (SSSR count). The average molecular weight is 272 g/mol. The van der Waals surface area contributed by atoms with Gasteiger partial charge in [0.15, 0.2) is 0 Å². The summed E-state index contributed by atoms with van der Waals surface area (Å²) in [6.45, 7) is 6.66. The highest BCUT2D eigenvalue weighted by molar-refractivity contribution is 5.36. The van der Waals surface area contributed by atoms with E-state index in [1.165, 1.54) is 49.7 Å². The van der Waals surface area contributed by atoms with Crippen molar-refractivity contribution in [1.82, 2.24) is 0 Å². The first-order chi connectivity index (χ1) is 9.58. The number of rotatable bonds is 1. The SMILES string of the molecule is C=C1CC[C@H](O)C/C1=C/C=C1\CCCC2(C)CCCC12. The zero-order valence-electron chi connectivity index (χ0n) is 12.8. The van der Waals surface area contributed by atoms with E-state index in [0.717, 1.165) is 25.2 Å². The molecule has 0 aromatic carbocycles. The number of allylic oxidation sites excluding steroid dienone is 4. The van der Waals surface area contributed by atoms with Crippen LogP contribution in [0.15, 0.2) is 35.5 Å². The minimum Gasteiger partial charge on any atom is -0.393 e. The highest BCUT2D eigenvalue weighted by Crippen LogP contribution is 2.54. The third-order valence-electron chi connectivity index (χ3n) is 5.93. The minimum absolute atomic E-state index is 0.159. The Hall–Kier alpha value is -0.820. The van der Waals surface area contributed by atoms with Crippen LogP contribution in [0.1, 0.15) is 64.7 Å². The first-order valence-electron chi connectivity index (χ1n) is 8.34. The molecule has 0 aliphatic heterocycles. The topological polar surface area (TPSA) is 20.2 Å². The van der Waals surface area contributed by atoms with E-state index in [0.29, 0.717) is 5.41 Å². The monoisotopic (exact) mass is 272 g/mol. The normalized spacial score (nSPS) is 42.2. The third-order valence-corrected chi connectivity index (χ3v) is 5.93. The van der Waals surface area contributed by atoms with Crippen LogP contribution >= 0.6 is 0 Å². The lowest BCUT2D eigenvalue weighted by Gasteiger charge is -2.38. The van der Waals surface area contributed by atoms with E-state index in [2.05, 4.69) is 25.7 Å². The van der Waals surface area contributed by atoms with E-state index in [4.69, 9.17) is 0 Å². The second-order valence-electron chi connectivity index (χ2n) is 7.39. The summed E-state index contributed by atoms with van der Waals surface area (Å²) in [5.74, 6) is 0.815. The fourth-order valence-electron chi connectivity index (χ4n) is 4.63. The second kappa shape index (κ2) is 5.52. The maximum absolute atomic E-state index is 9.82. The maximum atomic E-state index is 9.82. The van der Waals surface area contributed by atoms with Crippen molar-refractivity contribution >= 4 is 0 Å². The summed E-state index contributed by atoms with van der Waals surface area (Å²) in [4.78, 5) is 0. The number of aliphatic hydroxyl groups is 1. The Labute approximate surface area is 123 Å². The van der Waals surface area contributed by atoms with Crippen LogP contribution in [0, 0.1) is 11.3 Å². The molecule has 20 heavy (non-hydrogen) atoms. The second-order valence-corrected chi connectivity index (χ2v) is 7.39. The molecule has 0 amide bonds. The Morgan fingerprint density at radius 3 is 2.80 bits per heavy atom. The summed E-state index contributed by atoms with van der Waals surface area (Å²) in [5, 5.41) is 9.82. The third kappa shape index (κ3) is 2.65. The zero-order chi connectivity index (χ0) is 14.2. The Balaban J connectivity index is 1.79. The lowest BCUT2D eigenvalue weighted by Crippen LogP contribution is -2.27. The van der Waals surface area contributed by atoms with Gasteiger partial charge in [-0.15, -0.1) is 0 Å². The van der Waals surface area contributed by atoms with Gasteiger partial charge in [-0.1, -0.05) is 43.2 Å². The summed E-state index contributed by atoms with van der Waals surface area (Å²) in [7, 11) is 0. The van der Waals surface area contributed by atoms with Crippen molar-refractivity contribution in [2.45, 2.75) is 70.8 Å². The molecule has 110 valence electrons. The van der Waals surface area contributed by atoms with Gasteiger partial charge < -0.3 is 5.11 Å². The fourth-order valence-corrected chi connectivity index (χ4v) is 4.63. The van der Waals surface area contributed by atoms with Crippen LogP contribution in [0.3, 0.4) is 0 Å². The lowest BCUT2D eigenvalue weighted by molar-refractivity contribution is 0.158. The van der Waals surface area contributed by atoms with Crippen molar-refractivity contribution in [3.05, 3.63) is 35.5 Å². The van der Waals surface area contributed by atoms with E-state index in [1.807, 2.05) is 0 Å². The van der Waals surface area contributed by atoms with Crippen LogP contribution < -0.4 is 0 Å². The number of hydrogen-bond acceptors (Lipinski definition) is 1. The van der Waals surface area contributed by atoms with E-state index in [9.17, 15) is 5.11 Å². The van der Waals surface area contributed by atoms with Crippen molar-refractivity contribution < 1.29 is 5.11 Å². The molecule has 1 nitrogen and oxygen atoms in total. The van der Waals surface area contributed by atoms with Gasteiger partial charge in [-0.05, 0) is 68.3 Å². The molecule has 2 unspecified atom stereocenters. The molecule has 1 heteroatoms.